The van der Waals surface area contributed by atoms with Crippen molar-refractivity contribution in [2.45, 2.75) is 31.5 Å². The minimum atomic E-state index is -0.345. The van der Waals surface area contributed by atoms with Crippen molar-refractivity contribution in [3.05, 3.63) is 69.7 Å². The standard InChI is InChI=1S/C18H19Cl2NO/c1-11-17(22)10-16(12-2-6-14(19)7-3-12)21-18(11)13-4-8-15(20)9-5-13/h2-9,11,16-18,21-22H,10H2,1H3/t11-,16+,17-,18-/m1/s1. The first-order chi connectivity index (χ1) is 10.5. The van der Waals surface area contributed by atoms with Gasteiger partial charge in [0, 0.05) is 28.0 Å². The van der Waals surface area contributed by atoms with E-state index in [4.69, 9.17) is 23.2 Å². The molecular formula is C18H19Cl2NO. The van der Waals surface area contributed by atoms with E-state index in [9.17, 15) is 5.11 Å². The van der Waals surface area contributed by atoms with Crippen molar-refractivity contribution in [1.29, 1.82) is 0 Å². The van der Waals surface area contributed by atoms with Crippen LogP contribution >= 0.6 is 23.2 Å². The predicted octanol–water partition coefficient (Wildman–Crippen LogP) is 4.77. The number of benzene rings is 2. The van der Waals surface area contributed by atoms with Gasteiger partial charge in [0.15, 0.2) is 0 Å². The average Bonchev–Trinajstić information content (AvgIpc) is 2.52. The molecule has 2 aromatic rings. The van der Waals surface area contributed by atoms with Gasteiger partial charge in [0.25, 0.3) is 0 Å². The quantitative estimate of drug-likeness (QED) is 0.828. The minimum absolute atomic E-state index is 0.0988. The number of halogens is 2. The van der Waals surface area contributed by atoms with Crippen LogP contribution in [-0.4, -0.2) is 11.2 Å². The van der Waals surface area contributed by atoms with E-state index in [2.05, 4.69) is 12.2 Å². The maximum Gasteiger partial charge on any atom is 0.0602 e. The summed E-state index contributed by atoms with van der Waals surface area (Å²) in [6, 6.07) is 15.9. The Morgan fingerprint density at radius 1 is 0.909 bits per heavy atom. The fourth-order valence-corrected chi connectivity index (χ4v) is 3.36. The van der Waals surface area contributed by atoms with Crippen LogP contribution in [0.25, 0.3) is 0 Å². The Morgan fingerprint density at radius 3 is 1.95 bits per heavy atom. The summed E-state index contributed by atoms with van der Waals surface area (Å²) >= 11 is 11.9. The smallest absolute Gasteiger partial charge is 0.0602 e. The first-order valence-corrected chi connectivity index (χ1v) is 8.25. The molecule has 1 saturated heterocycles. The van der Waals surface area contributed by atoms with E-state index in [1.807, 2.05) is 48.5 Å². The molecule has 2 N–H and O–H groups in total. The second-order valence-electron chi connectivity index (χ2n) is 5.96. The van der Waals surface area contributed by atoms with E-state index in [1.165, 1.54) is 0 Å². The third-order valence-electron chi connectivity index (χ3n) is 4.49. The van der Waals surface area contributed by atoms with Gasteiger partial charge < -0.3 is 10.4 Å². The molecule has 116 valence electrons. The molecule has 3 rings (SSSR count). The Balaban J connectivity index is 1.86. The highest BCUT2D eigenvalue weighted by molar-refractivity contribution is 6.30. The molecule has 2 aromatic carbocycles. The van der Waals surface area contributed by atoms with Gasteiger partial charge in [-0.05, 0) is 41.8 Å². The van der Waals surface area contributed by atoms with Gasteiger partial charge in [0.1, 0.15) is 0 Å². The molecule has 1 heterocycles. The van der Waals surface area contributed by atoms with Gasteiger partial charge in [-0.3, -0.25) is 0 Å². The SMILES string of the molecule is C[C@@H]1[C@H](O)C[C@@H](c2ccc(Cl)cc2)N[C@H]1c1ccc(Cl)cc1. The summed E-state index contributed by atoms with van der Waals surface area (Å²) in [5, 5.41) is 15.6. The minimum Gasteiger partial charge on any atom is -0.393 e. The molecule has 0 saturated carbocycles. The van der Waals surface area contributed by atoms with Crippen LogP contribution in [0.2, 0.25) is 10.0 Å². The third-order valence-corrected chi connectivity index (χ3v) is 5.00. The Labute approximate surface area is 141 Å². The number of piperidine rings is 1. The zero-order valence-electron chi connectivity index (χ0n) is 12.3. The number of rotatable bonds is 2. The molecule has 0 unspecified atom stereocenters. The van der Waals surface area contributed by atoms with Crippen LogP contribution in [0.3, 0.4) is 0 Å². The molecule has 1 fully saturated rings. The Kier molecular flexibility index (Phi) is 4.74. The molecular weight excluding hydrogens is 317 g/mol. The molecule has 1 aliphatic heterocycles. The fraction of sp³-hybridized carbons (Fsp3) is 0.333. The molecule has 0 radical (unpaired) electrons. The summed E-state index contributed by atoms with van der Waals surface area (Å²) in [5.41, 5.74) is 2.30. The van der Waals surface area contributed by atoms with Crippen molar-refractivity contribution in [2.24, 2.45) is 5.92 Å². The molecule has 0 aromatic heterocycles. The second kappa shape index (κ2) is 6.59. The normalized spacial score (nSPS) is 28.5. The van der Waals surface area contributed by atoms with Crippen LogP contribution in [0, 0.1) is 5.92 Å². The molecule has 0 amide bonds. The molecule has 4 atom stereocenters. The van der Waals surface area contributed by atoms with E-state index >= 15 is 0 Å². The first-order valence-electron chi connectivity index (χ1n) is 7.49. The van der Waals surface area contributed by atoms with E-state index < -0.39 is 0 Å². The molecule has 4 heteroatoms. The highest BCUT2D eigenvalue weighted by Gasteiger charge is 2.34. The van der Waals surface area contributed by atoms with Crippen LogP contribution < -0.4 is 5.32 Å². The lowest BCUT2D eigenvalue weighted by molar-refractivity contribution is 0.0402. The molecule has 0 spiro atoms. The number of aliphatic hydroxyl groups is 1. The van der Waals surface area contributed by atoms with Crippen LogP contribution in [0.15, 0.2) is 48.5 Å². The summed E-state index contributed by atoms with van der Waals surface area (Å²) in [5.74, 6) is 0.143. The number of hydrogen-bond acceptors (Lipinski definition) is 2. The van der Waals surface area contributed by atoms with Gasteiger partial charge in [0.05, 0.1) is 6.10 Å². The summed E-state index contributed by atoms with van der Waals surface area (Å²) in [7, 11) is 0. The fourth-order valence-electron chi connectivity index (χ4n) is 3.11. The van der Waals surface area contributed by atoms with Gasteiger partial charge in [-0.1, -0.05) is 54.4 Å². The maximum absolute atomic E-state index is 10.5. The van der Waals surface area contributed by atoms with E-state index in [0.717, 1.165) is 21.2 Å². The lowest BCUT2D eigenvalue weighted by Gasteiger charge is -2.40. The summed E-state index contributed by atoms with van der Waals surface area (Å²) in [6.07, 6.45) is 0.356. The Morgan fingerprint density at radius 2 is 1.41 bits per heavy atom. The highest BCUT2D eigenvalue weighted by atomic mass is 35.5. The lowest BCUT2D eigenvalue weighted by Crippen LogP contribution is -2.43. The zero-order valence-corrected chi connectivity index (χ0v) is 13.9. The van der Waals surface area contributed by atoms with Gasteiger partial charge in [0.2, 0.25) is 0 Å². The highest BCUT2D eigenvalue weighted by Crippen LogP contribution is 2.37. The van der Waals surface area contributed by atoms with E-state index in [0.29, 0.717) is 6.42 Å². The van der Waals surface area contributed by atoms with Crippen LogP contribution in [0.4, 0.5) is 0 Å². The molecule has 0 aliphatic carbocycles. The third kappa shape index (κ3) is 3.31. The first kappa shape index (κ1) is 15.8. The molecule has 1 aliphatic rings. The topological polar surface area (TPSA) is 32.3 Å². The summed E-state index contributed by atoms with van der Waals surface area (Å²) < 4.78 is 0. The van der Waals surface area contributed by atoms with Gasteiger partial charge >= 0.3 is 0 Å². The van der Waals surface area contributed by atoms with Gasteiger partial charge in [-0.25, -0.2) is 0 Å². The van der Waals surface area contributed by atoms with Gasteiger partial charge in [-0.15, -0.1) is 0 Å². The Hall–Kier alpha value is -1.06. The van der Waals surface area contributed by atoms with Crippen molar-refractivity contribution < 1.29 is 5.11 Å². The predicted molar refractivity (Wildman–Crippen MR) is 91.3 cm³/mol. The van der Waals surface area contributed by atoms with Gasteiger partial charge in [-0.2, -0.15) is 0 Å². The largest absolute Gasteiger partial charge is 0.393 e. The number of aliphatic hydroxyl groups excluding tert-OH is 1. The van der Waals surface area contributed by atoms with Crippen molar-refractivity contribution in [3.63, 3.8) is 0 Å². The van der Waals surface area contributed by atoms with Crippen LogP contribution in [0.5, 0.6) is 0 Å². The lowest BCUT2D eigenvalue weighted by atomic mass is 9.81. The molecule has 22 heavy (non-hydrogen) atoms. The van der Waals surface area contributed by atoms with Crippen molar-refractivity contribution in [2.75, 3.05) is 0 Å². The van der Waals surface area contributed by atoms with Crippen molar-refractivity contribution in [3.8, 4) is 0 Å². The molecule has 0 bridgehead atoms. The summed E-state index contributed by atoms with van der Waals surface area (Å²) in [6.45, 7) is 2.08. The Bertz CT molecular complexity index is 627. The maximum atomic E-state index is 10.5. The summed E-state index contributed by atoms with van der Waals surface area (Å²) in [4.78, 5) is 0. The second-order valence-corrected chi connectivity index (χ2v) is 6.84. The van der Waals surface area contributed by atoms with Crippen molar-refractivity contribution >= 4 is 23.2 Å². The van der Waals surface area contributed by atoms with Crippen LogP contribution in [-0.2, 0) is 0 Å². The molecule has 2 nitrogen and oxygen atoms in total. The zero-order chi connectivity index (χ0) is 15.7. The van der Waals surface area contributed by atoms with Crippen LogP contribution in [0.1, 0.15) is 36.6 Å². The van der Waals surface area contributed by atoms with E-state index in [-0.39, 0.29) is 24.1 Å². The average molecular weight is 336 g/mol. The monoisotopic (exact) mass is 335 g/mol. The van der Waals surface area contributed by atoms with E-state index in [1.54, 1.807) is 0 Å². The number of hydrogen-bond donors (Lipinski definition) is 2. The van der Waals surface area contributed by atoms with Crippen molar-refractivity contribution in [1.82, 2.24) is 5.32 Å². The number of nitrogens with one attached hydrogen (secondary N) is 1.